The third-order valence-electron chi connectivity index (χ3n) is 2.36. The summed E-state index contributed by atoms with van der Waals surface area (Å²) < 4.78 is 47.7. The second kappa shape index (κ2) is 3.99. The van der Waals surface area contributed by atoms with Crippen molar-refractivity contribution < 1.29 is 22.5 Å². The van der Waals surface area contributed by atoms with Crippen molar-refractivity contribution in [1.29, 1.82) is 0 Å². The Kier molecular flexibility index (Phi) is 2.91. The van der Waals surface area contributed by atoms with Gasteiger partial charge in [0.1, 0.15) is 5.69 Å². The molecular formula is C10H11BF3NO2. The summed E-state index contributed by atoms with van der Waals surface area (Å²) in [7, 11) is -0.639. The summed E-state index contributed by atoms with van der Waals surface area (Å²) in [6.07, 6.45) is -3.29. The van der Waals surface area contributed by atoms with Gasteiger partial charge in [-0.2, -0.15) is 13.2 Å². The van der Waals surface area contributed by atoms with Crippen molar-refractivity contribution in [2.24, 2.45) is 0 Å². The van der Waals surface area contributed by atoms with Gasteiger partial charge in [0.25, 0.3) is 0 Å². The van der Waals surface area contributed by atoms with E-state index in [1.165, 1.54) is 6.07 Å². The van der Waals surface area contributed by atoms with Crippen LogP contribution >= 0.6 is 0 Å². The number of aromatic nitrogens is 1. The number of nitrogens with zero attached hydrogens (tertiary/aromatic N) is 1. The third kappa shape index (κ3) is 2.78. The lowest BCUT2D eigenvalue weighted by atomic mass is 9.80. The lowest BCUT2D eigenvalue weighted by Crippen LogP contribution is -2.35. The van der Waals surface area contributed by atoms with Crippen molar-refractivity contribution >= 4 is 12.6 Å². The molecule has 3 nitrogen and oxygen atoms in total. The molecule has 1 aromatic rings. The van der Waals surface area contributed by atoms with E-state index in [1.54, 1.807) is 0 Å². The van der Waals surface area contributed by atoms with Gasteiger partial charge in [-0.25, -0.2) is 0 Å². The Morgan fingerprint density at radius 1 is 1.35 bits per heavy atom. The van der Waals surface area contributed by atoms with Crippen LogP contribution < -0.4 is 5.46 Å². The standard InChI is InChI=1S/C10H11BF3NO2/c1-9(2)6-16-11(17-9)7-3-4-8(15-5-7)10(12,13)14/h3-5H,6H2,1-2H3. The van der Waals surface area contributed by atoms with Crippen LogP contribution in [0.25, 0.3) is 0 Å². The van der Waals surface area contributed by atoms with E-state index in [2.05, 4.69) is 4.98 Å². The molecule has 0 radical (unpaired) electrons. The summed E-state index contributed by atoms with van der Waals surface area (Å²) in [5.41, 5.74) is -0.852. The van der Waals surface area contributed by atoms with Gasteiger partial charge < -0.3 is 9.31 Å². The van der Waals surface area contributed by atoms with Crippen LogP contribution in [0.15, 0.2) is 18.3 Å². The van der Waals surface area contributed by atoms with Crippen LogP contribution in [0.4, 0.5) is 13.2 Å². The van der Waals surface area contributed by atoms with E-state index in [1.807, 2.05) is 13.8 Å². The molecule has 17 heavy (non-hydrogen) atoms. The van der Waals surface area contributed by atoms with E-state index in [0.717, 1.165) is 12.3 Å². The van der Waals surface area contributed by atoms with Gasteiger partial charge in [-0.1, -0.05) is 6.07 Å². The normalized spacial score (nSPS) is 19.7. The summed E-state index contributed by atoms with van der Waals surface area (Å²) in [6.45, 7) is 4.10. The zero-order valence-corrected chi connectivity index (χ0v) is 9.41. The number of halogens is 3. The Morgan fingerprint density at radius 2 is 2.06 bits per heavy atom. The van der Waals surface area contributed by atoms with Crippen LogP contribution in [-0.2, 0) is 15.5 Å². The van der Waals surface area contributed by atoms with Gasteiger partial charge in [-0.15, -0.1) is 0 Å². The topological polar surface area (TPSA) is 31.4 Å². The van der Waals surface area contributed by atoms with Crippen LogP contribution in [0.3, 0.4) is 0 Å². The number of rotatable bonds is 1. The van der Waals surface area contributed by atoms with Crippen LogP contribution in [-0.4, -0.2) is 24.3 Å². The van der Waals surface area contributed by atoms with Crippen LogP contribution in [0.5, 0.6) is 0 Å². The van der Waals surface area contributed by atoms with Gasteiger partial charge in [0.15, 0.2) is 0 Å². The molecule has 0 atom stereocenters. The fourth-order valence-electron chi connectivity index (χ4n) is 1.51. The molecule has 7 heteroatoms. The van der Waals surface area contributed by atoms with Gasteiger partial charge >= 0.3 is 13.3 Å². The molecule has 2 heterocycles. The molecule has 0 bridgehead atoms. The van der Waals surface area contributed by atoms with Crippen molar-refractivity contribution in [2.45, 2.75) is 25.6 Å². The molecule has 1 aliphatic heterocycles. The maximum absolute atomic E-state index is 12.3. The first kappa shape index (κ1) is 12.4. The number of hydrogen-bond donors (Lipinski definition) is 0. The van der Waals surface area contributed by atoms with Crippen molar-refractivity contribution in [3.05, 3.63) is 24.0 Å². The summed E-state index contributed by atoms with van der Waals surface area (Å²) in [6, 6.07) is 2.25. The number of alkyl halides is 3. The second-order valence-corrected chi connectivity index (χ2v) is 4.50. The number of hydrogen-bond acceptors (Lipinski definition) is 3. The van der Waals surface area contributed by atoms with E-state index in [-0.39, 0.29) is 0 Å². The minimum absolute atomic E-state index is 0.401. The monoisotopic (exact) mass is 245 g/mol. The molecule has 0 aliphatic carbocycles. The molecule has 0 aromatic carbocycles. The molecule has 1 aromatic heterocycles. The maximum Gasteiger partial charge on any atom is 0.496 e. The summed E-state index contributed by atoms with van der Waals surface area (Å²) in [5.74, 6) is 0. The highest BCUT2D eigenvalue weighted by Gasteiger charge is 2.39. The van der Waals surface area contributed by atoms with E-state index in [4.69, 9.17) is 9.31 Å². The van der Waals surface area contributed by atoms with Gasteiger partial charge in [-0.3, -0.25) is 4.98 Å². The van der Waals surface area contributed by atoms with Crippen LogP contribution in [0.2, 0.25) is 0 Å². The van der Waals surface area contributed by atoms with Crippen molar-refractivity contribution in [3.63, 3.8) is 0 Å². The first-order valence-electron chi connectivity index (χ1n) is 5.10. The maximum atomic E-state index is 12.3. The Hall–Kier alpha value is -1.08. The summed E-state index contributed by atoms with van der Waals surface area (Å²) >= 11 is 0. The van der Waals surface area contributed by atoms with Crippen molar-refractivity contribution in [1.82, 2.24) is 4.98 Å². The fraction of sp³-hybridized carbons (Fsp3) is 0.500. The predicted octanol–water partition coefficient (Wildman–Crippen LogP) is 1.62. The third-order valence-corrected chi connectivity index (χ3v) is 2.36. The highest BCUT2D eigenvalue weighted by atomic mass is 19.4. The van der Waals surface area contributed by atoms with E-state index in [9.17, 15) is 13.2 Å². The van der Waals surface area contributed by atoms with E-state index in [0.29, 0.717) is 12.1 Å². The number of pyridine rings is 1. The Bertz CT molecular complexity index is 405. The molecule has 2 rings (SSSR count). The second-order valence-electron chi connectivity index (χ2n) is 4.50. The van der Waals surface area contributed by atoms with E-state index < -0.39 is 24.6 Å². The fourth-order valence-corrected chi connectivity index (χ4v) is 1.51. The summed E-state index contributed by atoms with van der Waals surface area (Å²) in [5, 5.41) is 0. The average molecular weight is 245 g/mol. The molecular weight excluding hydrogens is 234 g/mol. The van der Waals surface area contributed by atoms with Gasteiger partial charge in [-0.05, 0) is 19.9 Å². The Morgan fingerprint density at radius 3 is 2.47 bits per heavy atom. The highest BCUT2D eigenvalue weighted by molar-refractivity contribution is 6.61. The molecule has 1 saturated heterocycles. The Labute approximate surface area is 97.1 Å². The molecule has 0 N–H and O–H groups in total. The van der Waals surface area contributed by atoms with Gasteiger partial charge in [0.05, 0.1) is 12.2 Å². The highest BCUT2D eigenvalue weighted by Crippen LogP contribution is 2.26. The minimum atomic E-state index is -4.42. The lowest BCUT2D eigenvalue weighted by molar-refractivity contribution is -0.141. The molecule has 92 valence electrons. The first-order chi connectivity index (χ1) is 7.78. The zero-order valence-electron chi connectivity index (χ0n) is 9.41. The smallest absolute Gasteiger partial charge is 0.404 e. The lowest BCUT2D eigenvalue weighted by Gasteiger charge is -2.15. The van der Waals surface area contributed by atoms with Gasteiger partial charge in [0, 0.05) is 11.7 Å². The van der Waals surface area contributed by atoms with Crippen LogP contribution in [0.1, 0.15) is 19.5 Å². The van der Waals surface area contributed by atoms with Crippen molar-refractivity contribution in [2.75, 3.05) is 6.61 Å². The molecule has 1 aliphatic rings. The van der Waals surface area contributed by atoms with E-state index >= 15 is 0 Å². The summed E-state index contributed by atoms with van der Waals surface area (Å²) in [4.78, 5) is 3.36. The van der Waals surface area contributed by atoms with Crippen molar-refractivity contribution in [3.8, 4) is 0 Å². The zero-order chi connectivity index (χ0) is 12.7. The first-order valence-corrected chi connectivity index (χ1v) is 5.10. The predicted molar refractivity (Wildman–Crippen MR) is 55.7 cm³/mol. The van der Waals surface area contributed by atoms with Gasteiger partial charge in [0.2, 0.25) is 0 Å². The largest absolute Gasteiger partial charge is 0.496 e. The quantitative estimate of drug-likeness (QED) is 0.704. The molecule has 0 unspecified atom stereocenters. The molecule has 0 saturated carbocycles. The minimum Gasteiger partial charge on any atom is -0.404 e. The SMILES string of the molecule is CC1(C)COB(c2ccc(C(F)(F)F)nc2)O1. The molecule has 0 spiro atoms. The average Bonchev–Trinajstić information content (AvgIpc) is 2.58. The Balaban J connectivity index is 2.14. The van der Waals surface area contributed by atoms with Crippen LogP contribution in [0, 0.1) is 0 Å². The molecule has 0 amide bonds. The molecule has 1 fully saturated rings.